The van der Waals surface area contributed by atoms with Gasteiger partial charge in [0.05, 0.1) is 13.4 Å². The van der Waals surface area contributed by atoms with Gasteiger partial charge in [-0.05, 0) is 43.7 Å². The Hall–Kier alpha value is -1.51. The molecule has 0 spiro atoms. The van der Waals surface area contributed by atoms with Crippen LogP contribution in [0.3, 0.4) is 0 Å². The third kappa shape index (κ3) is 2.79. The smallest absolute Gasteiger partial charge is 0.163 e. The summed E-state index contributed by atoms with van der Waals surface area (Å²) in [7, 11) is 5.23. The summed E-state index contributed by atoms with van der Waals surface area (Å²) >= 11 is 0. The molecule has 0 fully saturated rings. The summed E-state index contributed by atoms with van der Waals surface area (Å²) in [6, 6.07) is 8.49. The van der Waals surface area contributed by atoms with Gasteiger partial charge < -0.3 is 0 Å². The molecular weight excluding hydrogens is 205 g/mol. The molecule has 0 N–H and O–H groups in total. The topological polar surface area (TPSA) is 25.8 Å². The molecule has 0 unspecified atom stereocenters. The predicted molar refractivity (Wildman–Crippen MR) is 80.4 cm³/mol. The van der Waals surface area contributed by atoms with Gasteiger partial charge in [-0.25, -0.2) is 0 Å². The first-order valence-corrected chi connectivity index (χ1v) is 6.01. The molecule has 0 radical (unpaired) electrons. The highest BCUT2D eigenvalue weighted by molar-refractivity contribution is 6.97. The molecule has 0 bridgehead atoms. The highest BCUT2D eigenvalue weighted by Crippen LogP contribution is 2.15. The zero-order chi connectivity index (χ0) is 12.4. The molecule has 82 valence electrons. The maximum absolute atomic E-state index is 4.61. The van der Waals surface area contributed by atoms with Gasteiger partial charge in [-0.15, -0.1) is 0 Å². The second-order valence-electron chi connectivity index (χ2n) is 4.49. The highest BCUT2D eigenvalue weighted by atomic mass is 14.7. The Kier molecular flexibility index (Phi) is 3.37. The van der Waals surface area contributed by atoms with Gasteiger partial charge in [0.2, 0.25) is 0 Å². The quantitative estimate of drug-likeness (QED) is 0.583. The minimum absolute atomic E-state index is 1.04. The number of rotatable bonds is 2. The van der Waals surface area contributed by atoms with E-state index >= 15 is 0 Å². The zero-order valence-electron chi connectivity index (χ0n) is 10.9. The van der Waals surface area contributed by atoms with Gasteiger partial charge in [0.1, 0.15) is 7.17 Å². The number of nitrogens with zero attached hydrogens (tertiary/aromatic N) is 2. The van der Waals surface area contributed by atoms with Gasteiger partial charge in [0.15, 0.2) is 7.85 Å². The fourth-order valence-corrected chi connectivity index (χ4v) is 2.07. The Bertz CT molecular complexity index is 535. The Labute approximate surface area is 105 Å². The van der Waals surface area contributed by atoms with Crippen LogP contribution >= 0.6 is 0 Å². The number of aryl methyl sites for hydroxylation is 2. The second-order valence-corrected chi connectivity index (χ2v) is 4.49. The predicted octanol–water partition coefficient (Wildman–Crippen LogP) is -1.37. The van der Waals surface area contributed by atoms with Crippen molar-refractivity contribution in [2.45, 2.75) is 13.8 Å². The van der Waals surface area contributed by atoms with Crippen LogP contribution in [0.4, 0.5) is 0 Å². The first-order chi connectivity index (χ1) is 8.08. The second kappa shape index (κ2) is 4.78. The van der Waals surface area contributed by atoms with E-state index in [0.29, 0.717) is 0 Å². The molecule has 2 aromatic heterocycles. The van der Waals surface area contributed by atoms with Crippen LogP contribution in [0.25, 0.3) is 11.3 Å². The molecular formula is C12H15B3N2. The van der Waals surface area contributed by atoms with E-state index in [9.17, 15) is 0 Å². The average molecular weight is 220 g/mol. The number of pyridine rings is 2. The molecule has 0 amide bonds. The van der Waals surface area contributed by atoms with E-state index in [4.69, 9.17) is 0 Å². The average Bonchev–Trinajstić information content (AvgIpc) is 2.26. The maximum Gasteiger partial charge on any atom is 0.163 e. The zero-order valence-corrected chi connectivity index (χ0v) is 10.9. The third-order valence-corrected chi connectivity index (χ3v) is 2.80. The van der Waals surface area contributed by atoms with Crippen molar-refractivity contribution in [3.05, 3.63) is 35.7 Å². The van der Waals surface area contributed by atoms with E-state index in [0.717, 1.165) is 35.4 Å². The lowest BCUT2D eigenvalue weighted by Crippen LogP contribution is -2.16. The molecule has 0 saturated carbocycles. The highest BCUT2D eigenvalue weighted by Gasteiger charge is 2.04. The molecule has 5 heteroatoms. The first-order valence-electron chi connectivity index (χ1n) is 6.01. The van der Waals surface area contributed by atoms with Crippen LogP contribution in [0.1, 0.15) is 11.4 Å². The SMILES string of the molecule is BBc1cc(C)nc(-c2cc(B)nc(C)c2)c1. The fraction of sp³-hybridized carbons (Fsp3) is 0.167. The molecule has 2 nitrogen and oxygen atoms in total. The van der Waals surface area contributed by atoms with E-state index in [-0.39, 0.29) is 0 Å². The minimum Gasteiger partial charge on any atom is -0.269 e. The van der Waals surface area contributed by atoms with Crippen molar-refractivity contribution in [1.29, 1.82) is 0 Å². The molecule has 17 heavy (non-hydrogen) atoms. The summed E-state index contributed by atoms with van der Waals surface area (Å²) in [5, 5.41) is 0. The van der Waals surface area contributed by atoms with Crippen LogP contribution in [0.2, 0.25) is 0 Å². The van der Waals surface area contributed by atoms with Crippen LogP contribution in [0.15, 0.2) is 24.3 Å². The lowest BCUT2D eigenvalue weighted by Gasteiger charge is -2.07. The fourth-order valence-electron chi connectivity index (χ4n) is 2.07. The van der Waals surface area contributed by atoms with Crippen LogP contribution in [0, 0.1) is 13.8 Å². The van der Waals surface area contributed by atoms with Crippen LogP contribution in [-0.4, -0.2) is 32.7 Å². The van der Waals surface area contributed by atoms with E-state index in [1.54, 1.807) is 0 Å². The molecule has 2 heterocycles. The lowest BCUT2D eigenvalue weighted by molar-refractivity contribution is 1.19. The van der Waals surface area contributed by atoms with Crippen molar-refractivity contribution < 1.29 is 0 Å². The molecule has 0 atom stereocenters. The van der Waals surface area contributed by atoms with Crippen molar-refractivity contribution in [2.24, 2.45) is 0 Å². The molecule has 0 aromatic carbocycles. The summed E-state index contributed by atoms with van der Waals surface area (Å²) in [4.78, 5) is 9.00. The van der Waals surface area contributed by atoms with Crippen molar-refractivity contribution in [1.82, 2.24) is 9.97 Å². The Morgan fingerprint density at radius 2 is 1.71 bits per heavy atom. The van der Waals surface area contributed by atoms with Crippen LogP contribution < -0.4 is 11.1 Å². The standard InChI is InChI=1S/C12H15B3N2/c1-7-3-9(5-12(13)17-7)11-6-10(15-14)4-8(2)16-11/h3-6,15H,13-14H2,1-2H3. The summed E-state index contributed by atoms with van der Waals surface area (Å²) in [6.45, 7) is 4.07. The summed E-state index contributed by atoms with van der Waals surface area (Å²) < 4.78 is 0. The summed E-state index contributed by atoms with van der Waals surface area (Å²) in [5.41, 5.74) is 6.71. The Balaban J connectivity index is 2.55. The molecule has 2 aromatic rings. The van der Waals surface area contributed by atoms with E-state index in [1.165, 1.54) is 5.46 Å². The minimum atomic E-state index is 1.04. The molecule has 0 aliphatic carbocycles. The van der Waals surface area contributed by atoms with Gasteiger partial charge in [0.25, 0.3) is 0 Å². The lowest BCUT2D eigenvalue weighted by atomic mass is 9.51. The van der Waals surface area contributed by atoms with Gasteiger partial charge >= 0.3 is 0 Å². The van der Waals surface area contributed by atoms with Crippen molar-refractivity contribution in [2.75, 3.05) is 0 Å². The summed E-state index contributed by atoms with van der Waals surface area (Å²) in [6.07, 6.45) is 0. The van der Waals surface area contributed by atoms with Crippen molar-refractivity contribution >= 4 is 33.8 Å². The van der Waals surface area contributed by atoms with Crippen molar-refractivity contribution in [3.63, 3.8) is 0 Å². The van der Waals surface area contributed by atoms with Crippen LogP contribution in [-0.2, 0) is 0 Å². The molecule has 0 aliphatic heterocycles. The first kappa shape index (κ1) is 12.0. The van der Waals surface area contributed by atoms with Gasteiger partial charge in [-0.3, -0.25) is 9.97 Å². The van der Waals surface area contributed by atoms with Gasteiger partial charge in [-0.1, -0.05) is 5.46 Å². The number of hydrogen-bond donors (Lipinski definition) is 0. The normalized spacial score (nSPS) is 10.2. The molecule has 2 rings (SSSR count). The third-order valence-electron chi connectivity index (χ3n) is 2.80. The Morgan fingerprint density at radius 1 is 1.00 bits per heavy atom. The number of aromatic nitrogens is 2. The van der Waals surface area contributed by atoms with Gasteiger partial charge in [0, 0.05) is 17.0 Å². The Morgan fingerprint density at radius 3 is 2.35 bits per heavy atom. The van der Waals surface area contributed by atoms with Crippen molar-refractivity contribution in [3.8, 4) is 11.3 Å². The van der Waals surface area contributed by atoms with Crippen LogP contribution in [0.5, 0.6) is 0 Å². The molecule has 0 saturated heterocycles. The van der Waals surface area contributed by atoms with E-state index in [2.05, 4.69) is 42.0 Å². The monoisotopic (exact) mass is 220 g/mol. The number of hydrogen-bond acceptors (Lipinski definition) is 2. The van der Waals surface area contributed by atoms with E-state index in [1.807, 2.05) is 21.7 Å². The largest absolute Gasteiger partial charge is 0.269 e. The molecule has 0 aliphatic rings. The summed E-state index contributed by atoms with van der Waals surface area (Å²) in [5.74, 6) is 0. The van der Waals surface area contributed by atoms with Gasteiger partial charge in [-0.2, -0.15) is 0 Å². The maximum atomic E-state index is 4.61. The van der Waals surface area contributed by atoms with E-state index < -0.39 is 0 Å².